The summed E-state index contributed by atoms with van der Waals surface area (Å²) in [5, 5.41) is 0. The molecule has 0 unspecified atom stereocenters. The van der Waals surface area contributed by atoms with Gasteiger partial charge in [-0.25, -0.2) is 0 Å². The fourth-order valence-electron chi connectivity index (χ4n) is 2.60. The summed E-state index contributed by atoms with van der Waals surface area (Å²) in [4.78, 5) is 0. The van der Waals surface area contributed by atoms with Gasteiger partial charge in [-0.1, -0.05) is 103 Å². The molecule has 1 radical (unpaired) electrons. The summed E-state index contributed by atoms with van der Waals surface area (Å²) in [5.41, 5.74) is 0. The van der Waals surface area contributed by atoms with E-state index < -0.39 is 0 Å². The van der Waals surface area contributed by atoms with Gasteiger partial charge in [0.05, 0.1) is 0 Å². The van der Waals surface area contributed by atoms with E-state index in [9.17, 15) is 0 Å². The van der Waals surface area contributed by atoms with Gasteiger partial charge in [-0.2, -0.15) is 0 Å². The zero-order valence-electron chi connectivity index (χ0n) is 14.2. The standard InChI is InChI=1S/C20H39/c1-3-5-7-9-11-13-15-17-19-20-18-16-14-12-10-8-6-4-2/h13,15H,1,3-12,14,16-20H2,2H3. The molecular formula is C20H39. The molecule has 0 N–H and O–H groups in total. The molecule has 0 heterocycles. The molecule has 0 nitrogen and oxygen atoms in total. The lowest BCUT2D eigenvalue weighted by Crippen LogP contribution is -1.81. The molecule has 0 spiro atoms. The lowest BCUT2D eigenvalue weighted by atomic mass is 10.1. The molecule has 0 bridgehead atoms. The van der Waals surface area contributed by atoms with E-state index >= 15 is 0 Å². The second kappa shape index (κ2) is 18.7. The number of allylic oxidation sites excluding steroid dienone is 2. The Hall–Kier alpha value is -0.260. The van der Waals surface area contributed by atoms with Crippen LogP contribution in [0.25, 0.3) is 0 Å². The Balaban J connectivity index is 3.00. The molecule has 0 saturated heterocycles. The smallest absolute Gasteiger partial charge is 0.0351 e. The minimum atomic E-state index is 1.10. The van der Waals surface area contributed by atoms with Gasteiger partial charge in [0.1, 0.15) is 0 Å². The Labute approximate surface area is 129 Å². The van der Waals surface area contributed by atoms with Crippen LogP contribution in [0.5, 0.6) is 0 Å². The average Bonchev–Trinajstić information content (AvgIpc) is 2.47. The van der Waals surface area contributed by atoms with Crippen molar-refractivity contribution in [3.05, 3.63) is 19.1 Å². The molecule has 0 aliphatic heterocycles. The first kappa shape index (κ1) is 19.7. The highest BCUT2D eigenvalue weighted by Crippen LogP contribution is 2.11. The molecule has 0 rings (SSSR count). The first-order chi connectivity index (χ1) is 9.91. The maximum atomic E-state index is 3.87. The van der Waals surface area contributed by atoms with Gasteiger partial charge in [-0.3, -0.25) is 0 Å². The first-order valence-corrected chi connectivity index (χ1v) is 9.36. The molecule has 0 aromatic carbocycles. The van der Waals surface area contributed by atoms with Crippen LogP contribution in [0, 0.1) is 6.92 Å². The summed E-state index contributed by atoms with van der Waals surface area (Å²) >= 11 is 0. The fraction of sp³-hybridized carbons (Fsp3) is 0.850. The largest absolute Gasteiger partial charge is 0.0885 e. The van der Waals surface area contributed by atoms with E-state index in [1.165, 1.54) is 96.3 Å². The second-order valence-corrected chi connectivity index (χ2v) is 6.14. The van der Waals surface area contributed by atoms with E-state index in [0.717, 1.165) is 6.42 Å². The maximum absolute atomic E-state index is 3.87. The molecule has 0 amide bonds. The van der Waals surface area contributed by atoms with Gasteiger partial charge in [0.25, 0.3) is 0 Å². The normalized spacial score (nSPS) is 11.5. The van der Waals surface area contributed by atoms with Crippen molar-refractivity contribution in [2.45, 2.75) is 110 Å². The summed E-state index contributed by atoms with van der Waals surface area (Å²) in [6, 6.07) is 0. The van der Waals surface area contributed by atoms with Gasteiger partial charge in [-0.05, 0) is 25.7 Å². The molecule has 20 heavy (non-hydrogen) atoms. The predicted molar refractivity (Wildman–Crippen MR) is 94.0 cm³/mol. The summed E-state index contributed by atoms with van der Waals surface area (Å²) in [6.07, 6.45) is 26.8. The van der Waals surface area contributed by atoms with Crippen LogP contribution in [-0.2, 0) is 0 Å². The average molecular weight is 280 g/mol. The van der Waals surface area contributed by atoms with Crippen LogP contribution in [0.2, 0.25) is 0 Å². The highest BCUT2D eigenvalue weighted by atomic mass is 14.0. The van der Waals surface area contributed by atoms with Gasteiger partial charge in [0, 0.05) is 0 Å². The summed E-state index contributed by atoms with van der Waals surface area (Å²) in [7, 11) is 0. The van der Waals surface area contributed by atoms with Crippen LogP contribution in [0.3, 0.4) is 0 Å². The van der Waals surface area contributed by atoms with Crippen LogP contribution >= 0.6 is 0 Å². The monoisotopic (exact) mass is 279 g/mol. The van der Waals surface area contributed by atoms with Crippen molar-refractivity contribution < 1.29 is 0 Å². The predicted octanol–water partition coefficient (Wildman–Crippen LogP) is 7.64. The van der Waals surface area contributed by atoms with Crippen molar-refractivity contribution in [2.75, 3.05) is 0 Å². The molecule has 0 aromatic heterocycles. The van der Waals surface area contributed by atoms with Crippen molar-refractivity contribution in [3.8, 4) is 0 Å². The van der Waals surface area contributed by atoms with Gasteiger partial charge in [0.15, 0.2) is 0 Å². The molecule has 0 saturated carbocycles. The molecule has 0 atom stereocenters. The quantitative estimate of drug-likeness (QED) is 0.201. The molecule has 0 aliphatic carbocycles. The molecule has 119 valence electrons. The summed E-state index contributed by atoms with van der Waals surface area (Å²) in [6.45, 7) is 6.16. The molecule has 0 aromatic rings. The van der Waals surface area contributed by atoms with Crippen molar-refractivity contribution in [3.63, 3.8) is 0 Å². The van der Waals surface area contributed by atoms with E-state index in [4.69, 9.17) is 0 Å². The first-order valence-electron chi connectivity index (χ1n) is 9.36. The van der Waals surface area contributed by atoms with Crippen molar-refractivity contribution in [1.29, 1.82) is 0 Å². The topological polar surface area (TPSA) is 0 Å². The van der Waals surface area contributed by atoms with Gasteiger partial charge >= 0.3 is 0 Å². The van der Waals surface area contributed by atoms with Crippen LogP contribution in [-0.4, -0.2) is 0 Å². The van der Waals surface area contributed by atoms with Crippen molar-refractivity contribution in [1.82, 2.24) is 0 Å². The minimum absolute atomic E-state index is 1.10. The van der Waals surface area contributed by atoms with Gasteiger partial charge < -0.3 is 0 Å². The molecule has 0 aliphatic rings. The highest BCUT2D eigenvalue weighted by Gasteiger charge is 1.92. The van der Waals surface area contributed by atoms with Crippen molar-refractivity contribution in [2.24, 2.45) is 0 Å². The minimum Gasteiger partial charge on any atom is -0.0885 e. The SMILES string of the molecule is [CH2]CCCCCC=CCCCCCCCCCCCC. The summed E-state index contributed by atoms with van der Waals surface area (Å²) in [5.74, 6) is 0. The van der Waals surface area contributed by atoms with Crippen LogP contribution < -0.4 is 0 Å². The third-order valence-corrected chi connectivity index (χ3v) is 4.01. The molecule has 0 heteroatoms. The van der Waals surface area contributed by atoms with Crippen LogP contribution in [0.15, 0.2) is 12.2 Å². The van der Waals surface area contributed by atoms with Crippen LogP contribution in [0.1, 0.15) is 110 Å². The Bertz CT molecular complexity index is 180. The van der Waals surface area contributed by atoms with E-state index in [1.807, 2.05) is 0 Å². The number of hydrogen-bond donors (Lipinski definition) is 0. The van der Waals surface area contributed by atoms with E-state index in [0.29, 0.717) is 0 Å². The van der Waals surface area contributed by atoms with E-state index in [-0.39, 0.29) is 0 Å². The fourth-order valence-corrected chi connectivity index (χ4v) is 2.60. The van der Waals surface area contributed by atoms with Crippen molar-refractivity contribution >= 4 is 0 Å². The highest BCUT2D eigenvalue weighted by molar-refractivity contribution is 4.81. The number of rotatable bonds is 16. The third-order valence-electron chi connectivity index (χ3n) is 4.01. The molecular weight excluding hydrogens is 240 g/mol. The number of unbranched alkanes of at least 4 members (excludes halogenated alkanes) is 14. The Morgan fingerprint density at radius 3 is 1.40 bits per heavy atom. The second-order valence-electron chi connectivity index (χ2n) is 6.14. The Morgan fingerprint density at radius 2 is 0.950 bits per heavy atom. The lowest BCUT2D eigenvalue weighted by Gasteiger charge is -2.01. The maximum Gasteiger partial charge on any atom is -0.0351 e. The lowest BCUT2D eigenvalue weighted by molar-refractivity contribution is 0.557. The van der Waals surface area contributed by atoms with E-state index in [1.54, 1.807) is 0 Å². The number of hydrogen-bond acceptors (Lipinski definition) is 0. The third kappa shape index (κ3) is 17.7. The Kier molecular flexibility index (Phi) is 18.5. The summed E-state index contributed by atoms with van der Waals surface area (Å²) < 4.78 is 0. The zero-order valence-corrected chi connectivity index (χ0v) is 14.2. The van der Waals surface area contributed by atoms with Gasteiger partial charge in [-0.15, -0.1) is 0 Å². The van der Waals surface area contributed by atoms with Gasteiger partial charge in [0.2, 0.25) is 0 Å². The van der Waals surface area contributed by atoms with E-state index in [2.05, 4.69) is 26.0 Å². The molecule has 0 fully saturated rings. The van der Waals surface area contributed by atoms with Crippen LogP contribution in [0.4, 0.5) is 0 Å². The Morgan fingerprint density at radius 1 is 0.550 bits per heavy atom. The zero-order chi connectivity index (χ0) is 14.7.